The molecule has 38 heavy (non-hydrogen) atoms. The minimum Gasteiger partial charge on any atom is -0.324 e. The van der Waals surface area contributed by atoms with Crippen molar-refractivity contribution in [2.75, 3.05) is 42.9 Å². The molecule has 2 saturated heterocycles. The van der Waals surface area contributed by atoms with Crippen molar-refractivity contribution in [1.29, 1.82) is 0 Å². The molecule has 1 unspecified atom stereocenters. The first-order chi connectivity index (χ1) is 18.3. The lowest BCUT2D eigenvalue weighted by molar-refractivity contribution is 0.102. The maximum Gasteiger partial charge on any atom is 0.330 e. The first kappa shape index (κ1) is 26.6. The molecular weight excluding hydrogens is 506 g/mol. The van der Waals surface area contributed by atoms with Gasteiger partial charge in [0.05, 0.1) is 16.9 Å². The summed E-state index contributed by atoms with van der Waals surface area (Å²) in [6.07, 6.45) is 9.67. The topological polar surface area (TPSA) is 123 Å². The molecule has 11 heteroatoms. The summed E-state index contributed by atoms with van der Waals surface area (Å²) in [5, 5.41) is 2.77. The summed E-state index contributed by atoms with van der Waals surface area (Å²) in [6, 6.07) is 7.70. The first-order valence-electron chi connectivity index (χ1n) is 13.4. The van der Waals surface area contributed by atoms with Crippen molar-refractivity contribution in [3.05, 3.63) is 47.7 Å². The van der Waals surface area contributed by atoms with Crippen LogP contribution in [-0.2, 0) is 15.9 Å². The normalized spacial score (nSPS) is 20.7. The molecule has 2 N–H and O–H groups in total. The fourth-order valence-electron chi connectivity index (χ4n) is 5.86. The average Bonchev–Trinajstić information content (AvgIpc) is 3.23. The molecule has 5 rings (SSSR count). The molecule has 3 amide bonds. The monoisotopic (exact) mass is 541 g/mol. The van der Waals surface area contributed by atoms with Crippen LogP contribution in [-0.4, -0.2) is 72.4 Å². The number of likely N-dealkylation sites (tertiary alicyclic amines) is 2. The SMILES string of the molecule is O=C1Nc2cccnc2N(C(=O)N2CCCC(CCN3CCCCCC3)C2)c2cccc(CS(=O)(=O)O)c21. The van der Waals surface area contributed by atoms with Gasteiger partial charge in [0.25, 0.3) is 16.0 Å². The molecule has 204 valence electrons. The van der Waals surface area contributed by atoms with Gasteiger partial charge in [-0.25, -0.2) is 14.7 Å². The third-order valence-electron chi connectivity index (χ3n) is 7.71. The molecule has 0 bridgehead atoms. The Morgan fingerprint density at radius 2 is 1.84 bits per heavy atom. The van der Waals surface area contributed by atoms with Gasteiger partial charge < -0.3 is 15.1 Å². The van der Waals surface area contributed by atoms with Crippen LogP contribution in [0.25, 0.3) is 0 Å². The zero-order valence-corrected chi connectivity index (χ0v) is 22.3. The predicted molar refractivity (Wildman–Crippen MR) is 145 cm³/mol. The minimum atomic E-state index is -4.41. The number of urea groups is 1. The lowest BCUT2D eigenvalue weighted by atomic mass is 9.94. The molecule has 1 aromatic heterocycles. The summed E-state index contributed by atoms with van der Waals surface area (Å²) < 4.78 is 32.9. The maximum absolute atomic E-state index is 14.1. The summed E-state index contributed by atoms with van der Waals surface area (Å²) in [7, 11) is -4.41. The van der Waals surface area contributed by atoms with Gasteiger partial charge in [-0.05, 0) is 81.4 Å². The number of piperidine rings is 1. The summed E-state index contributed by atoms with van der Waals surface area (Å²) in [5.41, 5.74) is 0.751. The molecule has 4 heterocycles. The second-order valence-electron chi connectivity index (χ2n) is 10.5. The van der Waals surface area contributed by atoms with Gasteiger partial charge in [-0.2, -0.15) is 8.42 Å². The Morgan fingerprint density at radius 1 is 1.05 bits per heavy atom. The molecule has 10 nitrogen and oxygen atoms in total. The zero-order chi connectivity index (χ0) is 26.7. The van der Waals surface area contributed by atoms with Crippen LogP contribution < -0.4 is 10.2 Å². The number of aromatic nitrogens is 1. The molecule has 0 saturated carbocycles. The van der Waals surface area contributed by atoms with Crippen LogP contribution in [0.1, 0.15) is 60.9 Å². The number of rotatable bonds is 5. The lowest BCUT2D eigenvalue weighted by Gasteiger charge is -2.37. The van der Waals surface area contributed by atoms with Gasteiger partial charge in [-0.1, -0.05) is 25.0 Å². The Labute approximate surface area is 223 Å². The van der Waals surface area contributed by atoms with E-state index >= 15 is 0 Å². The average molecular weight is 542 g/mol. The smallest absolute Gasteiger partial charge is 0.324 e. The second-order valence-corrected chi connectivity index (χ2v) is 11.9. The van der Waals surface area contributed by atoms with E-state index in [9.17, 15) is 22.6 Å². The van der Waals surface area contributed by atoms with Gasteiger partial charge in [0.1, 0.15) is 5.75 Å². The van der Waals surface area contributed by atoms with Crippen LogP contribution in [0.4, 0.5) is 22.0 Å². The summed E-state index contributed by atoms with van der Waals surface area (Å²) in [6.45, 7) is 4.55. The van der Waals surface area contributed by atoms with Crippen molar-refractivity contribution in [3.8, 4) is 0 Å². The highest BCUT2D eigenvalue weighted by Gasteiger charge is 2.36. The maximum atomic E-state index is 14.1. The van der Waals surface area contributed by atoms with Crippen LogP contribution in [0.3, 0.4) is 0 Å². The van der Waals surface area contributed by atoms with Crippen LogP contribution in [0.5, 0.6) is 0 Å². The number of carbonyl (C=O) groups excluding carboxylic acids is 2. The quantitative estimate of drug-likeness (QED) is 0.542. The number of hydrogen-bond donors (Lipinski definition) is 2. The van der Waals surface area contributed by atoms with Crippen LogP contribution in [0, 0.1) is 5.92 Å². The zero-order valence-electron chi connectivity index (χ0n) is 21.5. The first-order valence-corrected chi connectivity index (χ1v) is 15.1. The van der Waals surface area contributed by atoms with E-state index in [1.807, 2.05) is 4.90 Å². The van der Waals surface area contributed by atoms with Gasteiger partial charge in [0.2, 0.25) is 0 Å². The van der Waals surface area contributed by atoms with Crippen molar-refractivity contribution in [1.82, 2.24) is 14.8 Å². The van der Waals surface area contributed by atoms with Crippen molar-refractivity contribution in [2.45, 2.75) is 50.7 Å². The highest BCUT2D eigenvalue weighted by Crippen LogP contribution is 2.39. The molecular formula is C27H35N5O5S. The largest absolute Gasteiger partial charge is 0.330 e. The Balaban J connectivity index is 1.43. The highest BCUT2D eigenvalue weighted by atomic mass is 32.2. The number of hydrogen-bond acceptors (Lipinski definition) is 6. The number of carbonyl (C=O) groups is 2. The van der Waals surface area contributed by atoms with Crippen LogP contribution >= 0.6 is 0 Å². The second kappa shape index (κ2) is 11.4. The molecule has 0 aliphatic carbocycles. The minimum absolute atomic E-state index is 0.0335. The molecule has 2 aromatic rings. The van der Waals surface area contributed by atoms with Crippen LogP contribution in [0.15, 0.2) is 36.5 Å². The summed E-state index contributed by atoms with van der Waals surface area (Å²) in [5.74, 6) is -0.633. The van der Waals surface area contributed by atoms with Crippen molar-refractivity contribution in [3.63, 3.8) is 0 Å². The predicted octanol–water partition coefficient (Wildman–Crippen LogP) is 4.27. The number of benzene rings is 1. The molecule has 0 spiro atoms. The van der Waals surface area contributed by atoms with Crippen molar-refractivity contribution < 1.29 is 22.6 Å². The van der Waals surface area contributed by atoms with E-state index in [1.165, 1.54) is 36.6 Å². The standard InChI is InChI=1S/C27H35N5O5S/c33-26-24-21(19-38(35,36)37)9-5-11-23(24)32(25-22(29-26)10-6-13-28-25)27(34)31-16-7-8-20(18-31)12-17-30-14-3-1-2-4-15-30/h5-6,9-11,13,20H,1-4,7-8,12,14-19H2,(H,29,33)(H,35,36,37). The van der Waals surface area contributed by atoms with Gasteiger partial charge in [-0.15, -0.1) is 0 Å². The van der Waals surface area contributed by atoms with Crippen LogP contribution in [0.2, 0.25) is 0 Å². The van der Waals surface area contributed by atoms with E-state index < -0.39 is 21.8 Å². The third kappa shape index (κ3) is 6.00. The number of anilines is 3. The summed E-state index contributed by atoms with van der Waals surface area (Å²) in [4.78, 5) is 37.6. The Hall–Kier alpha value is -3.02. The highest BCUT2D eigenvalue weighted by molar-refractivity contribution is 7.85. The molecule has 2 fully saturated rings. The molecule has 0 radical (unpaired) electrons. The van der Waals surface area contributed by atoms with E-state index in [0.717, 1.165) is 38.9 Å². The third-order valence-corrected chi connectivity index (χ3v) is 8.39. The number of nitrogens with one attached hydrogen (secondary N) is 1. The summed E-state index contributed by atoms with van der Waals surface area (Å²) >= 11 is 0. The van der Waals surface area contributed by atoms with E-state index in [4.69, 9.17) is 0 Å². The number of nitrogens with zero attached hydrogens (tertiary/aromatic N) is 4. The Kier molecular flexibility index (Phi) is 7.96. The van der Waals surface area contributed by atoms with E-state index in [1.54, 1.807) is 30.5 Å². The van der Waals surface area contributed by atoms with E-state index in [-0.39, 0.29) is 28.7 Å². The molecule has 1 aromatic carbocycles. The number of pyridine rings is 1. The van der Waals surface area contributed by atoms with Crippen molar-refractivity contribution in [2.24, 2.45) is 5.92 Å². The molecule has 3 aliphatic heterocycles. The Bertz CT molecular complexity index is 1290. The van der Waals surface area contributed by atoms with E-state index in [0.29, 0.717) is 24.7 Å². The van der Waals surface area contributed by atoms with E-state index in [2.05, 4.69) is 15.2 Å². The lowest BCUT2D eigenvalue weighted by Crippen LogP contribution is -2.47. The number of amides is 3. The van der Waals surface area contributed by atoms with Gasteiger partial charge >= 0.3 is 6.03 Å². The van der Waals surface area contributed by atoms with Crippen molar-refractivity contribution >= 4 is 39.2 Å². The molecule has 3 aliphatic rings. The number of fused-ring (bicyclic) bond motifs is 2. The molecule has 1 atom stereocenters. The van der Waals surface area contributed by atoms with Gasteiger partial charge in [0.15, 0.2) is 5.82 Å². The van der Waals surface area contributed by atoms with Gasteiger partial charge in [0, 0.05) is 19.3 Å². The van der Waals surface area contributed by atoms with Gasteiger partial charge in [-0.3, -0.25) is 9.35 Å². The Morgan fingerprint density at radius 3 is 2.61 bits per heavy atom. The fraction of sp³-hybridized carbons (Fsp3) is 0.519. The fourth-order valence-corrected chi connectivity index (χ4v) is 6.49.